The Morgan fingerprint density at radius 2 is 1.87 bits per heavy atom. The van der Waals surface area contributed by atoms with Crippen molar-refractivity contribution in [3.8, 4) is 40.0 Å². The van der Waals surface area contributed by atoms with Crippen LogP contribution in [0.2, 0.25) is 0 Å². The van der Waals surface area contributed by atoms with E-state index in [0.717, 1.165) is 42.9 Å². The number of hydrogen-bond donors (Lipinski definition) is 2. The van der Waals surface area contributed by atoms with Crippen LogP contribution < -0.4 is 15.4 Å². The second kappa shape index (κ2) is 8.62. The fraction of sp³-hybridized carbons (Fsp3) is 0.250. The molecule has 3 N–H and O–H groups in total. The van der Waals surface area contributed by atoms with Gasteiger partial charge in [0.2, 0.25) is 0 Å². The van der Waals surface area contributed by atoms with E-state index in [4.69, 9.17) is 20.7 Å². The van der Waals surface area contributed by atoms with Crippen LogP contribution in [0.25, 0.3) is 22.4 Å². The maximum Gasteiger partial charge on any atom is 0.160 e. The van der Waals surface area contributed by atoms with Gasteiger partial charge in [0, 0.05) is 30.3 Å². The third kappa shape index (κ3) is 4.16. The standard InChI is InChI=1S/C24H23FN4O2/c1-31-22-6-4-15(13-21(22)30)19-5-7-23(29-10-8-18(27)9-11-29)28-24(19)16-2-3-17(14-26)20(25)12-16/h2-7,12-13,18,30H,8-11,27H2,1H3. The Bertz CT molecular complexity index is 1150. The van der Waals surface area contributed by atoms with Gasteiger partial charge in [-0.1, -0.05) is 12.1 Å². The summed E-state index contributed by atoms with van der Waals surface area (Å²) in [6.45, 7) is 1.61. The number of phenols is 1. The maximum atomic E-state index is 14.4. The van der Waals surface area contributed by atoms with Crippen molar-refractivity contribution in [1.82, 2.24) is 4.98 Å². The SMILES string of the molecule is COc1ccc(-c2ccc(N3CCC(N)CC3)nc2-c2ccc(C#N)c(F)c2)cc1O. The van der Waals surface area contributed by atoms with Crippen LogP contribution in [0.1, 0.15) is 18.4 Å². The van der Waals surface area contributed by atoms with Crippen LogP contribution in [0.4, 0.5) is 10.2 Å². The lowest BCUT2D eigenvalue weighted by Crippen LogP contribution is -2.40. The number of nitrogens with two attached hydrogens (primary N) is 1. The maximum absolute atomic E-state index is 14.4. The molecule has 1 aliphatic rings. The van der Waals surface area contributed by atoms with Gasteiger partial charge in [0.15, 0.2) is 11.5 Å². The zero-order valence-electron chi connectivity index (χ0n) is 17.2. The summed E-state index contributed by atoms with van der Waals surface area (Å²) in [7, 11) is 1.49. The van der Waals surface area contributed by atoms with Gasteiger partial charge in [0.05, 0.1) is 18.4 Å². The largest absolute Gasteiger partial charge is 0.504 e. The molecule has 0 bridgehead atoms. The van der Waals surface area contributed by atoms with Crippen LogP contribution in [0.5, 0.6) is 11.5 Å². The molecule has 1 fully saturated rings. The van der Waals surface area contributed by atoms with Gasteiger partial charge in [0.25, 0.3) is 0 Å². The number of nitriles is 1. The van der Waals surface area contributed by atoms with E-state index in [1.54, 1.807) is 18.2 Å². The normalized spacial score (nSPS) is 14.3. The monoisotopic (exact) mass is 418 g/mol. The lowest BCUT2D eigenvalue weighted by molar-refractivity contribution is 0.373. The zero-order valence-corrected chi connectivity index (χ0v) is 17.2. The highest BCUT2D eigenvalue weighted by Gasteiger charge is 2.20. The number of anilines is 1. The Balaban J connectivity index is 1.83. The number of ether oxygens (including phenoxy) is 1. The molecule has 31 heavy (non-hydrogen) atoms. The third-order valence-corrected chi connectivity index (χ3v) is 5.60. The minimum absolute atomic E-state index is 0.00561. The van der Waals surface area contributed by atoms with Gasteiger partial charge < -0.3 is 20.5 Å². The number of phenolic OH excluding ortho intramolecular Hbond substituents is 1. The first-order chi connectivity index (χ1) is 15.0. The molecule has 0 amide bonds. The molecule has 1 aliphatic heterocycles. The van der Waals surface area contributed by atoms with Crippen molar-refractivity contribution >= 4 is 5.82 Å². The fourth-order valence-corrected chi connectivity index (χ4v) is 3.82. The Labute approximate surface area is 180 Å². The average molecular weight is 418 g/mol. The first-order valence-electron chi connectivity index (χ1n) is 10.1. The third-order valence-electron chi connectivity index (χ3n) is 5.60. The van der Waals surface area contributed by atoms with Gasteiger partial charge in [-0.15, -0.1) is 0 Å². The highest BCUT2D eigenvalue weighted by molar-refractivity contribution is 5.83. The molecule has 1 aromatic heterocycles. The fourth-order valence-electron chi connectivity index (χ4n) is 3.82. The lowest BCUT2D eigenvalue weighted by Gasteiger charge is -2.31. The van der Waals surface area contributed by atoms with E-state index in [1.807, 2.05) is 24.3 Å². The molecule has 2 aromatic carbocycles. The smallest absolute Gasteiger partial charge is 0.160 e. The lowest BCUT2D eigenvalue weighted by atomic mass is 9.97. The van der Waals surface area contributed by atoms with Crippen LogP contribution in [-0.4, -0.2) is 36.3 Å². The van der Waals surface area contributed by atoms with Crippen molar-refractivity contribution in [3.05, 3.63) is 59.9 Å². The zero-order chi connectivity index (χ0) is 22.0. The molecular weight excluding hydrogens is 395 g/mol. The van der Waals surface area contributed by atoms with E-state index in [-0.39, 0.29) is 17.4 Å². The number of aromatic nitrogens is 1. The number of rotatable bonds is 4. The van der Waals surface area contributed by atoms with Gasteiger partial charge in [-0.2, -0.15) is 5.26 Å². The highest BCUT2D eigenvalue weighted by Crippen LogP contribution is 2.37. The van der Waals surface area contributed by atoms with Gasteiger partial charge in [-0.05, 0) is 54.8 Å². The van der Waals surface area contributed by atoms with E-state index in [0.29, 0.717) is 17.0 Å². The Kier molecular flexibility index (Phi) is 5.74. The highest BCUT2D eigenvalue weighted by atomic mass is 19.1. The molecule has 0 radical (unpaired) electrons. The summed E-state index contributed by atoms with van der Waals surface area (Å²) in [6.07, 6.45) is 1.77. The molecule has 2 heterocycles. The summed E-state index contributed by atoms with van der Waals surface area (Å²) in [4.78, 5) is 7.03. The van der Waals surface area contributed by atoms with E-state index < -0.39 is 5.82 Å². The number of piperidine rings is 1. The molecule has 0 saturated carbocycles. The second-order valence-electron chi connectivity index (χ2n) is 7.58. The first kappa shape index (κ1) is 20.6. The van der Waals surface area contributed by atoms with Gasteiger partial charge >= 0.3 is 0 Å². The molecule has 0 atom stereocenters. The minimum Gasteiger partial charge on any atom is -0.504 e. The number of pyridine rings is 1. The van der Waals surface area contributed by atoms with Crippen LogP contribution >= 0.6 is 0 Å². The van der Waals surface area contributed by atoms with E-state index >= 15 is 0 Å². The van der Waals surface area contributed by atoms with Crippen molar-refractivity contribution in [3.63, 3.8) is 0 Å². The molecule has 4 rings (SSSR count). The summed E-state index contributed by atoms with van der Waals surface area (Å²) in [5.74, 6) is 0.558. The quantitative estimate of drug-likeness (QED) is 0.663. The molecular formula is C24H23FN4O2. The van der Waals surface area contributed by atoms with Crippen molar-refractivity contribution in [2.45, 2.75) is 18.9 Å². The van der Waals surface area contributed by atoms with Crippen molar-refractivity contribution in [1.29, 1.82) is 5.26 Å². The van der Waals surface area contributed by atoms with E-state index in [1.165, 1.54) is 19.2 Å². The van der Waals surface area contributed by atoms with E-state index in [9.17, 15) is 9.50 Å². The van der Waals surface area contributed by atoms with Crippen LogP contribution in [0, 0.1) is 17.1 Å². The van der Waals surface area contributed by atoms with Crippen molar-refractivity contribution in [2.75, 3.05) is 25.1 Å². The summed E-state index contributed by atoms with van der Waals surface area (Å²) in [6, 6.07) is 15.4. The minimum atomic E-state index is -0.598. The van der Waals surface area contributed by atoms with Gasteiger partial charge in [0.1, 0.15) is 17.7 Å². The molecule has 1 saturated heterocycles. The Morgan fingerprint density at radius 1 is 1.13 bits per heavy atom. The predicted octanol–water partition coefficient (Wildman–Crippen LogP) is 4.07. The first-order valence-corrected chi connectivity index (χ1v) is 10.1. The van der Waals surface area contributed by atoms with Crippen molar-refractivity contribution in [2.24, 2.45) is 5.73 Å². The van der Waals surface area contributed by atoms with Gasteiger partial charge in [-0.25, -0.2) is 9.37 Å². The molecule has 7 heteroatoms. The molecule has 0 aliphatic carbocycles. The summed E-state index contributed by atoms with van der Waals surface area (Å²) in [5.41, 5.74) is 8.59. The number of benzene rings is 2. The topological polar surface area (TPSA) is 95.4 Å². The average Bonchev–Trinajstić information content (AvgIpc) is 2.79. The number of methoxy groups -OCH3 is 1. The number of nitrogens with zero attached hydrogens (tertiary/aromatic N) is 3. The van der Waals surface area contributed by atoms with Gasteiger partial charge in [-0.3, -0.25) is 0 Å². The van der Waals surface area contributed by atoms with Crippen molar-refractivity contribution < 1.29 is 14.2 Å². The van der Waals surface area contributed by atoms with E-state index in [2.05, 4.69) is 4.90 Å². The van der Waals surface area contributed by atoms with Crippen LogP contribution in [-0.2, 0) is 0 Å². The predicted molar refractivity (Wildman–Crippen MR) is 117 cm³/mol. The summed E-state index contributed by atoms with van der Waals surface area (Å²) >= 11 is 0. The number of hydrogen-bond acceptors (Lipinski definition) is 6. The molecule has 0 unspecified atom stereocenters. The van der Waals surface area contributed by atoms with Crippen LogP contribution in [0.15, 0.2) is 48.5 Å². The molecule has 6 nitrogen and oxygen atoms in total. The molecule has 158 valence electrons. The number of aromatic hydroxyl groups is 1. The molecule has 0 spiro atoms. The summed E-state index contributed by atoms with van der Waals surface area (Å²) < 4.78 is 19.5. The Hall–Kier alpha value is -3.63. The molecule has 3 aromatic rings. The number of halogens is 1. The van der Waals surface area contributed by atoms with Crippen LogP contribution in [0.3, 0.4) is 0 Å². The second-order valence-corrected chi connectivity index (χ2v) is 7.58. The summed E-state index contributed by atoms with van der Waals surface area (Å²) in [5, 5.41) is 19.3. The Morgan fingerprint density at radius 3 is 2.52 bits per heavy atom.